The average molecular weight is 431 g/mol. The molecule has 1 aromatic rings. The van der Waals surface area contributed by atoms with Crippen LogP contribution in [-0.2, 0) is 17.8 Å². The number of ether oxygens (including phenoxy) is 1. The van der Waals surface area contributed by atoms with E-state index in [4.69, 9.17) is 4.74 Å². The number of halogens is 2. The molecule has 0 radical (unpaired) electrons. The fraction of sp³-hybridized carbons (Fsp3) is 0.650. The SMILES string of the molecule is C[C@@H]1CNCCN1CC(=O)N1CCN(Cc2ccc3c(c2)CCO3)CC1.Cl.Cl. The Bertz CT molecular complexity index is 653. The lowest BCUT2D eigenvalue weighted by Crippen LogP contribution is -2.55. The lowest BCUT2D eigenvalue weighted by Gasteiger charge is -2.38. The number of benzene rings is 1. The highest BCUT2D eigenvalue weighted by molar-refractivity contribution is 5.85. The summed E-state index contributed by atoms with van der Waals surface area (Å²) in [6.45, 7) is 11.1. The maximum Gasteiger partial charge on any atom is 0.236 e. The number of amides is 1. The van der Waals surface area contributed by atoms with Crippen molar-refractivity contribution in [1.29, 1.82) is 0 Å². The number of fused-ring (bicyclic) bond motifs is 1. The molecule has 0 aromatic heterocycles. The van der Waals surface area contributed by atoms with E-state index in [1.165, 1.54) is 11.1 Å². The topological polar surface area (TPSA) is 48.1 Å². The zero-order valence-corrected chi connectivity index (χ0v) is 18.2. The van der Waals surface area contributed by atoms with Crippen LogP contribution in [0, 0.1) is 0 Å². The first-order valence-corrected chi connectivity index (χ1v) is 9.88. The summed E-state index contributed by atoms with van der Waals surface area (Å²) in [4.78, 5) is 19.4. The van der Waals surface area contributed by atoms with E-state index >= 15 is 0 Å². The lowest BCUT2D eigenvalue weighted by molar-refractivity contribution is -0.135. The molecule has 2 saturated heterocycles. The minimum Gasteiger partial charge on any atom is -0.493 e. The van der Waals surface area contributed by atoms with Gasteiger partial charge in [-0.3, -0.25) is 14.6 Å². The van der Waals surface area contributed by atoms with E-state index in [0.717, 1.165) is 71.1 Å². The summed E-state index contributed by atoms with van der Waals surface area (Å²) in [7, 11) is 0. The monoisotopic (exact) mass is 430 g/mol. The van der Waals surface area contributed by atoms with Crippen molar-refractivity contribution in [3.63, 3.8) is 0 Å². The van der Waals surface area contributed by atoms with Crippen molar-refractivity contribution in [2.45, 2.75) is 25.9 Å². The van der Waals surface area contributed by atoms with Gasteiger partial charge in [-0.25, -0.2) is 0 Å². The Balaban J connectivity index is 0.00000140. The van der Waals surface area contributed by atoms with Gasteiger partial charge in [-0.05, 0) is 24.1 Å². The van der Waals surface area contributed by atoms with Gasteiger partial charge in [0.15, 0.2) is 0 Å². The summed E-state index contributed by atoms with van der Waals surface area (Å²) in [6, 6.07) is 7.00. The maximum atomic E-state index is 12.6. The van der Waals surface area contributed by atoms with Crippen LogP contribution in [0.1, 0.15) is 18.1 Å². The first kappa shape index (κ1) is 23.2. The van der Waals surface area contributed by atoms with E-state index < -0.39 is 0 Å². The van der Waals surface area contributed by atoms with Crippen molar-refractivity contribution in [3.05, 3.63) is 29.3 Å². The van der Waals surface area contributed by atoms with Crippen LogP contribution >= 0.6 is 24.8 Å². The second-order valence-electron chi connectivity index (χ2n) is 7.72. The largest absolute Gasteiger partial charge is 0.493 e. The summed E-state index contributed by atoms with van der Waals surface area (Å²) in [5.74, 6) is 1.33. The molecule has 1 atom stereocenters. The molecule has 2 fully saturated rings. The van der Waals surface area contributed by atoms with Gasteiger partial charge in [-0.2, -0.15) is 0 Å². The molecule has 0 bridgehead atoms. The van der Waals surface area contributed by atoms with Crippen LogP contribution in [0.15, 0.2) is 18.2 Å². The molecule has 0 saturated carbocycles. The Morgan fingerprint density at radius 3 is 2.71 bits per heavy atom. The van der Waals surface area contributed by atoms with Gasteiger partial charge in [0.25, 0.3) is 0 Å². The molecular weight excluding hydrogens is 399 g/mol. The maximum absolute atomic E-state index is 12.6. The summed E-state index contributed by atoms with van der Waals surface area (Å²) in [5, 5.41) is 3.38. The van der Waals surface area contributed by atoms with Gasteiger partial charge in [0, 0.05) is 64.8 Å². The molecule has 3 heterocycles. The smallest absolute Gasteiger partial charge is 0.236 e. The minimum absolute atomic E-state index is 0. The minimum atomic E-state index is 0. The Morgan fingerprint density at radius 2 is 1.96 bits per heavy atom. The predicted octanol–water partition coefficient (Wildman–Crippen LogP) is 1.40. The molecule has 4 rings (SSSR count). The van der Waals surface area contributed by atoms with Gasteiger partial charge in [-0.1, -0.05) is 12.1 Å². The zero-order valence-electron chi connectivity index (χ0n) is 16.6. The molecule has 0 aliphatic carbocycles. The van der Waals surface area contributed by atoms with E-state index in [2.05, 4.69) is 40.2 Å². The molecule has 1 amide bonds. The number of hydrogen-bond donors (Lipinski definition) is 1. The number of carbonyl (C=O) groups is 1. The van der Waals surface area contributed by atoms with Crippen LogP contribution in [0.4, 0.5) is 0 Å². The van der Waals surface area contributed by atoms with E-state index in [1.807, 2.05) is 4.90 Å². The number of hydrogen-bond acceptors (Lipinski definition) is 5. The third kappa shape index (κ3) is 5.51. The Kier molecular flexibility index (Phi) is 8.83. The van der Waals surface area contributed by atoms with Crippen LogP contribution < -0.4 is 10.1 Å². The molecule has 8 heteroatoms. The van der Waals surface area contributed by atoms with Crippen molar-refractivity contribution in [2.24, 2.45) is 0 Å². The number of piperazine rings is 2. The molecule has 6 nitrogen and oxygen atoms in total. The quantitative estimate of drug-likeness (QED) is 0.781. The molecule has 1 N–H and O–H groups in total. The second kappa shape index (κ2) is 10.6. The predicted molar refractivity (Wildman–Crippen MR) is 116 cm³/mol. The van der Waals surface area contributed by atoms with Crippen molar-refractivity contribution in [3.8, 4) is 5.75 Å². The summed E-state index contributed by atoms with van der Waals surface area (Å²) < 4.78 is 5.59. The summed E-state index contributed by atoms with van der Waals surface area (Å²) >= 11 is 0. The van der Waals surface area contributed by atoms with Gasteiger partial charge in [0.1, 0.15) is 5.75 Å². The molecule has 1 aromatic carbocycles. The highest BCUT2D eigenvalue weighted by atomic mass is 35.5. The Hall–Kier alpha value is -1.05. The van der Waals surface area contributed by atoms with Gasteiger partial charge < -0.3 is 15.0 Å². The van der Waals surface area contributed by atoms with E-state index in [0.29, 0.717) is 12.6 Å². The second-order valence-corrected chi connectivity index (χ2v) is 7.72. The highest BCUT2D eigenvalue weighted by Crippen LogP contribution is 2.26. The number of nitrogens with zero attached hydrogens (tertiary/aromatic N) is 3. The van der Waals surface area contributed by atoms with E-state index in [1.54, 1.807) is 0 Å². The molecule has 0 spiro atoms. The van der Waals surface area contributed by atoms with Gasteiger partial charge in [-0.15, -0.1) is 24.8 Å². The van der Waals surface area contributed by atoms with Crippen molar-refractivity contribution in [1.82, 2.24) is 20.0 Å². The Labute approximate surface area is 180 Å². The highest BCUT2D eigenvalue weighted by Gasteiger charge is 2.26. The number of rotatable bonds is 4. The third-order valence-corrected chi connectivity index (χ3v) is 5.86. The van der Waals surface area contributed by atoms with Gasteiger partial charge in [0.05, 0.1) is 13.2 Å². The summed E-state index contributed by atoms with van der Waals surface area (Å²) in [5.41, 5.74) is 2.69. The first-order chi connectivity index (χ1) is 12.7. The lowest BCUT2D eigenvalue weighted by atomic mass is 10.1. The molecular formula is C20H32Cl2N4O2. The van der Waals surface area contributed by atoms with Crippen LogP contribution in [0.5, 0.6) is 5.75 Å². The first-order valence-electron chi connectivity index (χ1n) is 9.88. The fourth-order valence-electron chi connectivity index (χ4n) is 4.14. The van der Waals surface area contributed by atoms with Gasteiger partial charge >= 0.3 is 0 Å². The molecule has 28 heavy (non-hydrogen) atoms. The molecule has 0 unspecified atom stereocenters. The normalized spacial score (nSPS) is 22.6. The Morgan fingerprint density at radius 1 is 1.18 bits per heavy atom. The van der Waals surface area contributed by atoms with E-state index in [-0.39, 0.29) is 30.7 Å². The van der Waals surface area contributed by atoms with Crippen LogP contribution in [0.2, 0.25) is 0 Å². The van der Waals surface area contributed by atoms with E-state index in [9.17, 15) is 4.79 Å². The van der Waals surface area contributed by atoms with Gasteiger partial charge in [0.2, 0.25) is 5.91 Å². The average Bonchev–Trinajstić information content (AvgIpc) is 3.12. The fourth-order valence-corrected chi connectivity index (χ4v) is 4.14. The van der Waals surface area contributed by atoms with Crippen molar-refractivity contribution in [2.75, 3.05) is 59.0 Å². The van der Waals surface area contributed by atoms with Crippen LogP contribution in [-0.4, -0.2) is 85.6 Å². The standard InChI is InChI=1S/C20H30N4O2.2ClH/c1-16-13-21-5-6-24(16)15-20(25)23-9-7-22(8-10-23)14-17-2-3-19-18(12-17)4-11-26-19;;/h2-3,12,16,21H,4-11,13-15H2,1H3;2*1H/t16-;;/m1../s1. The summed E-state index contributed by atoms with van der Waals surface area (Å²) in [6.07, 6.45) is 1.02. The third-order valence-electron chi connectivity index (χ3n) is 5.86. The van der Waals surface area contributed by atoms with Crippen molar-refractivity contribution >= 4 is 30.7 Å². The number of nitrogens with one attached hydrogen (secondary N) is 1. The van der Waals surface area contributed by atoms with Crippen LogP contribution in [0.3, 0.4) is 0 Å². The molecule has 3 aliphatic heterocycles. The van der Waals surface area contributed by atoms with Crippen LogP contribution in [0.25, 0.3) is 0 Å². The number of carbonyl (C=O) groups excluding carboxylic acids is 1. The zero-order chi connectivity index (χ0) is 17.9. The molecule has 3 aliphatic rings. The molecule has 158 valence electrons. The van der Waals surface area contributed by atoms with Crippen molar-refractivity contribution < 1.29 is 9.53 Å².